The number of aromatic hydroxyl groups is 1. The molecule has 0 radical (unpaired) electrons. The van der Waals surface area contributed by atoms with Crippen molar-refractivity contribution in [3.8, 4) is 11.5 Å². The van der Waals surface area contributed by atoms with Crippen LogP contribution in [0.25, 0.3) is 0 Å². The fraction of sp³-hybridized carbons (Fsp3) is 0.308. The number of esters is 1. The summed E-state index contributed by atoms with van der Waals surface area (Å²) in [5.41, 5.74) is 0.521. The molecule has 0 amide bonds. The van der Waals surface area contributed by atoms with Crippen LogP contribution in [0.15, 0.2) is 30.9 Å². The van der Waals surface area contributed by atoms with Crippen LogP contribution >= 0.6 is 0 Å². The van der Waals surface area contributed by atoms with E-state index in [0.29, 0.717) is 17.9 Å². The fourth-order valence-corrected chi connectivity index (χ4v) is 1.27. The van der Waals surface area contributed by atoms with Crippen LogP contribution in [0.4, 0.5) is 0 Å². The van der Waals surface area contributed by atoms with Crippen molar-refractivity contribution in [3.63, 3.8) is 0 Å². The topological polar surface area (TPSA) is 55.8 Å². The van der Waals surface area contributed by atoms with Crippen LogP contribution in [0, 0.1) is 0 Å². The van der Waals surface area contributed by atoms with Gasteiger partial charge in [-0.1, -0.05) is 12.1 Å². The Morgan fingerprint density at radius 2 is 2.29 bits per heavy atom. The highest BCUT2D eigenvalue weighted by molar-refractivity contribution is 5.73. The Kier molecular flexibility index (Phi) is 5.07. The van der Waals surface area contributed by atoms with E-state index in [1.807, 2.05) is 0 Å². The number of hydrogen-bond acceptors (Lipinski definition) is 4. The highest BCUT2D eigenvalue weighted by Crippen LogP contribution is 2.24. The van der Waals surface area contributed by atoms with Crippen molar-refractivity contribution in [2.45, 2.75) is 12.8 Å². The van der Waals surface area contributed by atoms with Gasteiger partial charge in [-0.25, -0.2) is 0 Å². The maximum Gasteiger partial charge on any atom is 0.310 e. The molecule has 0 fully saturated rings. The average Bonchev–Trinajstić information content (AvgIpc) is 2.32. The molecule has 17 heavy (non-hydrogen) atoms. The number of rotatable bonds is 6. The third-order valence-corrected chi connectivity index (χ3v) is 2.21. The van der Waals surface area contributed by atoms with Crippen molar-refractivity contribution in [3.05, 3.63) is 36.4 Å². The van der Waals surface area contributed by atoms with E-state index in [2.05, 4.69) is 11.3 Å². The van der Waals surface area contributed by atoms with Gasteiger partial charge in [-0.3, -0.25) is 4.79 Å². The largest absolute Gasteiger partial charge is 0.508 e. The van der Waals surface area contributed by atoms with Crippen LogP contribution in [0.3, 0.4) is 0 Å². The van der Waals surface area contributed by atoms with Gasteiger partial charge in [0.2, 0.25) is 0 Å². The number of ether oxygens (including phenoxy) is 2. The third kappa shape index (κ3) is 4.18. The summed E-state index contributed by atoms with van der Waals surface area (Å²) in [6.45, 7) is 4.10. The molecular weight excluding hydrogens is 220 g/mol. The molecule has 92 valence electrons. The van der Waals surface area contributed by atoms with Gasteiger partial charge in [0.15, 0.2) is 0 Å². The highest BCUT2D eigenvalue weighted by atomic mass is 16.5. The van der Waals surface area contributed by atoms with E-state index in [9.17, 15) is 9.90 Å². The molecule has 1 rings (SSSR count). The minimum Gasteiger partial charge on any atom is -0.508 e. The van der Waals surface area contributed by atoms with Crippen LogP contribution < -0.4 is 4.74 Å². The Bertz CT molecular complexity index is 398. The molecule has 4 nitrogen and oxygen atoms in total. The summed E-state index contributed by atoms with van der Waals surface area (Å²) in [6.07, 6.45) is 2.55. The van der Waals surface area contributed by atoms with E-state index < -0.39 is 0 Å². The minimum atomic E-state index is -0.388. The van der Waals surface area contributed by atoms with Gasteiger partial charge in [0, 0.05) is 11.6 Å². The highest BCUT2D eigenvalue weighted by Gasteiger charge is 2.08. The third-order valence-electron chi connectivity index (χ3n) is 2.21. The van der Waals surface area contributed by atoms with Crippen LogP contribution in [-0.2, 0) is 16.0 Å². The van der Waals surface area contributed by atoms with Crippen molar-refractivity contribution in [1.82, 2.24) is 0 Å². The Morgan fingerprint density at radius 3 is 2.88 bits per heavy atom. The van der Waals surface area contributed by atoms with Crippen molar-refractivity contribution >= 4 is 5.97 Å². The molecule has 1 aromatic carbocycles. The number of phenols is 1. The van der Waals surface area contributed by atoms with Gasteiger partial charge in [-0.05, 0) is 12.5 Å². The lowest BCUT2D eigenvalue weighted by atomic mass is 10.1. The van der Waals surface area contributed by atoms with Crippen molar-refractivity contribution in [2.24, 2.45) is 0 Å². The molecule has 0 aliphatic rings. The molecule has 1 N–H and O–H groups in total. The molecule has 0 atom stereocenters. The second-order valence-electron chi connectivity index (χ2n) is 3.47. The summed E-state index contributed by atoms with van der Waals surface area (Å²) in [5.74, 6) is 0.213. The lowest BCUT2D eigenvalue weighted by molar-refractivity contribution is -0.139. The number of methoxy groups -OCH3 is 1. The predicted molar refractivity (Wildman–Crippen MR) is 64.1 cm³/mol. The van der Waals surface area contributed by atoms with Crippen molar-refractivity contribution in [2.75, 3.05) is 13.7 Å². The predicted octanol–water partition coefficient (Wildman–Crippen LogP) is 2.06. The maximum absolute atomic E-state index is 11.1. The molecular formula is C13H16O4. The fourth-order valence-electron chi connectivity index (χ4n) is 1.27. The van der Waals surface area contributed by atoms with Gasteiger partial charge in [0.05, 0.1) is 20.1 Å². The second kappa shape index (κ2) is 6.58. The molecule has 4 heteroatoms. The van der Waals surface area contributed by atoms with Gasteiger partial charge < -0.3 is 14.6 Å². The maximum atomic E-state index is 11.1. The molecule has 0 saturated heterocycles. The van der Waals surface area contributed by atoms with Crippen LogP contribution in [-0.4, -0.2) is 24.8 Å². The summed E-state index contributed by atoms with van der Waals surface area (Å²) >= 11 is 0. The first-order valence-electron chi connectivity index (χ1n) is 5.29. The molecule has 0 aliphatic carbocycles. The summed E-state index contributed by atoms with van der Waals surface area (Å²) in [4.78, 5) is 11.1. The smallest absolute Gasteiger partial charge is 0.310 e. The SMILES string of the molecule is C=CCCOc1ccc(CC(=O)OC)c(O)c1. The van der Waals surface area contributed by atoms with Crippen LogP contribution in [0.1, 0.15) is 12.0 Å². The van der Waals surface area contributed by atoms with E-state index in [1.165, 1.54) is 13.2 Å². The summed E-state index contributed by atoms with van der Waals surface area (Å²) < 4.78 is 9.89. The van der Waals surface area contributed by atoms with Gasteiger partial charge >= 0.3 is 5.97 Å². The lowest BCUT2D eigenvalue weighted by Gasteiger charge is -2.08. The van der Waals surface area contributed by atoms with E-state index >= 15 is 0 Å². The molecule has 1 aromatic rings. The van der Waals surface area contributed by atoms with Crippen molar-refractivity contribution < 1.29 is 19.4 Å². The molecule has 0 heterocycles. The number of hydrogen-bond donors (Lipinski definition) is 1. The number of phenolic OH excluding ortho intramolecular Hbond substituents is 1. The van der Waals surface area contributed by atoms with Gasteiger partial charge in [0.25, 0.3) is 0 Å². The van der Waals surface area contributed by atoms with Gasteiger partial charge in [0.1, 0.15) is 11.5 Å². The molecule has 0 aliphatic heterocycles. The molecule has 0 unspecified atom stereocenters. The minimum absolute atomic E-state index is 0.0338. The monoisotopic (exact) mass is 236 g/mol. The molecule has 0 bridgehead atoms. The number of benzene rings is 1. The van der Waals surface area contributed by atoms with E-state index in [4.69, 9.17) is 4.74 Å². The van der Waals surface area contributed by atoms with Crippen LogP contribution in [0.2, 0.25) is 0 Å². The van der Waals surface area contributed by atoms with Crippen LogP contribution in [0.5, 0.6) is 11.5 Å². The Morgan fingerprint density at radius 1 is 1.53 bits per heavy atom. The zero-order valence-electron chi connectivity index (χ0n) is 9.81. The Labute approximate surface area is 100 Å². The Balaban J connectivity index is 2.65. The van der Waals surface area contributed by atoms with Crippen molar-refractivity contribution in [1.29, 1.82) is 0 Å². The summed E-state index contributed by atoms with van der Waals surface area (Å²) in [5, 5.41) is 9.68. The average molecular weight is 236 g/mol. The lowest BCUT2D eigenvalue weighted by Crippen LogP contribution is -2.04. The zero-order chi connectivity index (χ0) is 12.7. The molecule has 0 spiro atoms. The second-order valence-corrected chi connectivity index (χ2v) is 3.47. The van der Waals surface area contributed by atoms with E-state index in [0.717, 1.165) is 6.42 Å². The first-order valence-corrected chi connectivity index (χ1v) is 5.29. The van der Waals surface area contributed by atoms with E-state index in [1.54, 1.807) is 18.2 Å². The Hall–Kier alpha value is -1.97. The van der Waals surface area contributed by atoms with Gasteiger partial charge in [-0.2, -0.15) is 0 Å². The quantitative estimate of drug-likeness (QED) is 0.466. The number of carbonyl (C=O) groups is 1. The number of carbonyl (C=O) groups excluding carboxylic acids is 1. The van der Waals surface area contributed by atoms with E-state index in [-0.39, 0.29) is 18.1 Å². The zero-order valence-corrected chi connectivity index (χ0v) is 9.81. The molecule has 0 aromatic heterocycles. The normalized spacial score (nSPS) is 9.71. The summed E-state index contributed by atoms with van der Waals surface area (Å²) in [7, 11) is 1.31. The molecule has 0 saturated carbocycles. The first kappa shape index (κ1) is 13.1. The summed E-state index contributed by atoms with van der Waals surface area (Å²) in [6, 6.07) is 4.85. The van der Waals surface area contributed by atoms with Gasteiger partial charge in [-0.15, -0.1) is 6.58 Å². The first-order chi connectivity index (χ1) is 8.17. The standard InChI is InChI=1S/C13H16O4/c1-3-4-7-17-11-6-5-10(12(14)9-11)8-13(15)16-2/h3,5-6,9,14H,1,4,7-8H2,2H3.